The lowest BCUT2D eigenvalue weighted by atomic mass is 10.2. The van der Waals surface area contributed by atoms with Gasteiger partial charge in [-0.1, -0.05) is 11.6 Å². The number of ether oxygens (including phenoxy) is 1. The van der Waals surface area contributed by atoms with Gasteiger partial charge in [-0.3, -0.25) is 9.69 Å². The number of urea groups is 1. The molecule has 3 N–H and O–H groups in total. The number of esters is 1. The molecular formula is C13H14ClN3O4. The summed E-state index contributed by atoms with van der Waals surface area (Å²) in [5.74, 6) is -1.32. The van der Waals surface area contributed by atoms with Gasteiger partial charge < -0.3 is 15.8 Å². The number of nitrogens with two attached hydrogens (primary N) is 1. The molecule has 1 fully saturated rings. The van der Waals surface area contributed by atoms with Crippen molar-refractivity contribution in [3.8, 4) is 0 Å². The Bertz CT molecular complexity index is 605. The van der Waals surface area contributed by atoms with Crippen LogP contribution in [0.2, 0.25) is 5.02 Å². The molecule has 1 aliphatic rings. The summed E-state index contributed by atoms with van der Waals surface area (Å²) in [6.07, 6.45) is -1.09. The Morgan fingerprint density at radius 1 is 1.48 bits per heavy atom. The van der Waals surface area contributed by atoms with Gasteiger partial charge in [0.05, 0.1) is 5.56 Å². The average molecular weight is 312 g/mol. The zero-order valence-corrected chi connectivity index (χ0v) is 12.0. The smallest absolute Gasteiger partial charge is 0.341 e. The number of benzene rings is 1. The van der Waals surface area contributed by atoms with E-state index in [1.54, 1.807) is 0 Å². The number of amides is 3. The van der Waals surface area contributed by atoms with Crippen LogP contribution in [0.5, 0.6) is 0 Å². The van der Waals surface area contributed by atoms with Crippen molar-refractivity contribution < 1.29 is 19.1 Å². The molecule has 0 aliphatic carbocycles. The van der Waals surface area contributed by atoms with E-state index in [0.717, 1.165) is 4.90 Å². The third-order valence-corrected chi connectivity index (χ3v) is 3.22. The van der Waals surface area contributed by atoms with Gasteiger partial charge in [-0.25, -0.2) is 9.59 Å². The molecule has 1 atom stereocenters. The van der Waals surface area contributed by atoms with Gasteiger partial charge in [0.25, 0.3) is 5.91 Å². The normalized spacial score (nSPS) is 15.5. The van der Waals surface area contributed by atoms with E-state index in [1.165, 1.54) is 25.1 Å². The maximum Gasteiger partial charge on any atom is 0.341 e. The topological polar surface area (TPSA) is 102 Å². The van der Waals surface area contributed by atoms with E-state index in [9.17, 15) is 14.4 Å². The van der Waals surface area contributed by atoms with Gasteiger partial charge in [0.15, 0.2) is 6.10 Å². The van der Waals surface area contributed by atoms with Crippen LogP contribution < -0.4 is 11.1 Å². The van der Waals surface area contributed by atoms with Crippen molar-refractivity contribution in [3.63, 3.8) is 0 Å². The molecule has 1 aromatic rings. The third-order valence-electron chi connectivity index (χ3n) is 2.99. The summed E-state index contributed by atoms with van der Waals surface area (Å²) < 4.78 is 5.05. The zero-order valence-electron chi connectivity index (χ0n) is 11.3. The molecule has 0 aromatic heterocycles. The molecule has 1 heterocycles. The first-order chi connectivity index (χ1) is 9.90. The largest absolute Gasteiger partial charge is 0.449 e. The lowest BCUT2D eigenvalue weighted by molar-refractivity contribution is -0.136. The monoisotopic (exact) mass is 311 g/mol. The van der Waals surface area contributed by atoms with Crippen molar-refractivity contribution in [3.05, 3.63) is 28.8 Å². The van der Waals surface area contributed by atoms with E-state index in [2.05, 4.69) is 5.32 Å². The summed E-state index contributed by atoms with van der Waals surface area (Å²) in [6.45, 7) is 2.04. The van der Waals surface area contributed by atoms with Crippen molar-refractivity contribution >= 4 is 35.2 Å². The SMILES string of the molecule is CC(OC(=O)c1ccc(Cl)cc1N)C(=O)N1CCNC1=O. The van der Waals surface area contributed by atoms with E-state index >= 15 is 0 Å². The third kappa shape index (κ3) is 3.25. The molecule has 1 aliphatic heterocycles. The highest BCUT2D eigenvalue weighted by Crippen LogP contribution is 2.19. The second kappa shape index (κ2) is 6.01. The first-order valence-corrected chi connectivity index (χ1v) is 6.63. The lowest BCUT2D eigenvalue weighted by Gasteiger charge is -2.18. The van der Waals surface area contributed by atoms with Crippen LogP contribution >= 0.6 is 11.6 Å². The number of anilines is 1. The molecule has 1 saturated heterocycles. The Balaban J connectivity index is 2.05. The molecule has 0 saturated carbocycles. The molecule has 2 rings (SSSR count). The highest BCUT2D eigenvalue weighted by molar-refractivity contribution is 6.31. The van der Waals surface area contributed by atoms with Crippen LogP contribution in [0.1, 0.15) is 17.3 Å². The molecule has 3 amide bonds. The number of carbonyl (C=O) groups is 3. The van der Waals surface area contributed by atoms with Crippen molar-refractivity contribution in [1.82, 2.24) is 10.2 Å². The Kier molecular flexibility index (Phi) is 4.32. The fraction of sp³-hybridized carbons (Fsp3) is 0.308. The summed E-state index contributed by atoms with van der Waals surface area (Å²) in [7, 11) is 0. The Labute approximate surface area is 126 Å². The fourth-order valence-electron chi connectivity index (χ4n) is 1.90. The number of halogens is 1. The van der Waals surface area contributed by atoms with Gasteiger partial charge >= 0.3 is 12.0 Å². The van der Waals surface area contributed by atoms with Crippen LogP contribution in [0.25, 0.3) is 0 Å². The molecule has 1 aromatic carbocycles. The standard InChI is InChI=1S/C13H14ClN3O4/c1-7(11(18)17-5-4-16-13(17)20)21-12(19)9-3-2-8(14)6-10(9)15/h2-3,6-7H,4-5,15H2,1H3,(H,16,20). The number of nitrogen functional groups attached to an aromatic ring is 1. The van der Waals surface area contributed by atoms with Crippen LogP contribution in [0.15, 0.2) is 18.2 Å². The Morgan fingerprint density at radius 3 is 2.76 bits per heavy atom. The number of carbonyl (C=O) groups excluding carboxylic acids is 3. The Morgan fingerprint density at radius 2 is 2.19 bits per heavy atom. The molecule has 21 heavy (non-hydrogen) atoms. The van der Waals surface area contributed by atoms with E-state index in [1.807, 2.05) is 0 Å². The molecule has 0 radical (unpaired) electrons. The van der Waals surface area contributed by atoms with Gasteiger partial charge in [-0.05, 0) is 25.1 Å². The number of hydrogen-bond donors (Lipinski definition) is 2. The van der Waals surface area contributed by atoms with Gasteiger partial charge in [-0.15, -0.1) is 0 Å². The fourth-order valence-corrected chi connectivity index (χ4v) is 2.08. The summed E-state index contributed by atoms with van der Waals surface area (Å²) in [4.78, 5) is 36.4. The second-order valence-electron chi connectivity index (χ2n) is 4.50. The van der Waals surface area contributed by atoms with Gasteiger partial charge in [0.2, 0.25) is 0 Å². The van der Waals surface area contributed by atoms with E-state index in [4.69, 9.17) is 22.1 Å². The molecule has 0 spiro atoms. The van der Waals surface area contributed by atoms with Gasteiger partial charge in [0.1, 0.15) is 0 Å². The quantitative estimate of drug-likeness (QED) is 0.641. The van der Waals surface area contributed by atoms with Gasteiger partial charge in [-0.2, -0.15) is 0 Å². The molecule has 0 bridgehead atoms. The van der Waals surface area contributed by atoms with E-state index in [0.29, 0.717) is 11.6 Å². The number of hydrogen-bond acceptors (Lipinski definition) is 5. The molecular weight excluding hydrogens is 298 g/mol. The number of imide groups is 1. The van der Waals surface area contributed by atoms with Crippen LogP contribution in [0, 0.1) is 0 Å². The van der Waals surface area contributed by atoms with Crippen LogP contribution in [0.3, 0.4) is 0 Å². The van der Waals surface area contributed by atoms with Crippen molar-refractivity contribution in [2.75, 3.05) is 18.8 Å². The van der Waals surface area contributed by atoms with Crippen LogP contribution in [0.4, 0.5) is 10.5 Å². The average Bonchev–Trinajstić information content (AvgIpc) is 2.83. The molecule has 8 heteroatoms. The summed E-state index contributed by atoms with van der Waals surface area (Å²) in [6, 6.07) is 3.83. The summed E-state index contributed by atoms with van der Waals surface area (Å²) >= 11 is 5.74. The predicted octanol–water partition coefficient (Wildman–Crippen LogP) is 1.02. The highest BCUT2D eigenvalue weighted by atomic mass is 35.5. The molecule has 1 unspecified atom stereocenters. The maximum atomic E-state index is 12.0. The van der Waals surface area contributed by atoms with Gasteiger partial charge in [0, 0.05) is 23.8 Å². The minimum atomic E-state index is -1.09. The predicted molar refractivity (Wildman–Crippen MR) is 75.9 cm³/mol. The van der Waals surface area contributed by atoms with Crippen LogP contribution in [-0.4, -0.2) is 42.0 Å². The zero-order chi connectivity index (χ0) is 15.6. The molecule has 112 valence electrons. The van der Waals surface area contributed by atoms with E-state index in [-0.39, 0.29) is 17.8 Å². The maximum absolute atomic E-state index is 12.0. The minimum absolute atomic E-state index is 0.116. The lowest BCUT2D eigenvalue weighted by Crippen LogP contribution is -2.41. The molecule has 7 nitrogen and oxygen atoms in total. The summed E-state index contributed by atoms with van der Waals surface area (Å²) in [5.41, 5.74) is 5.95. The minimum Gasteiger partial charge on any atom is -0.449 e. The highest BCUT2D eigenvalue weighted by Gasteiger charge is 2.31. The second-order valence-corrected chi connectivity index (χ2v) is 4.94. The van der Waals surface area contributed by atoms with Crippen molar-refractivity contribution in [2.45, 2.75) is 13.0 Å². The first kappa shape index (κ1) is 15.1. The number of nitrogens with one attached hydrogen (secondary N) is 1. The summed E-state index contributed by atoms with van der Waals surface area (Å²) in [5, 5.41) is 2.89. The van der Waals surface area contributed by atoms with Crippen molar-refractivity contribution in [1.29, 1.82) is 0 Å². The number of rotatable bonds is 3. The van der Waals surface area contributed by atoms with E-state index < -0.39 is 24.0 Å². The first-order valence-electron chi connectivity index (χ1n) is 6.25. The number of nitrogens with zero attached hydrogens (tertiary/aromatic N) is 1. The van der Waals surface area contributed by atoms with Crippen molar-refractivity contribution in [2.24, 2.45) is 0 Å². The Hall–Kier alpha value is -2.28. The van der Waals surface area contributed by atoms with Crippen LogP contribution in [-0.2, 0) is 9.53 Å².